The molecule has 0 saturated heterocycles. The molecule has 238 valence electrons. The number of nitriles is 1. The molecule has 45 heavy (non-hydrogen) atoms. The van der Waals surface area contributed by atoms with Gasteiger partial charge in [0.2, 0.25) is 9.70 Å². The molecule has 0 aliphatic heterocycles. The molecule has 3 amide bonds. The number of alkyl halides is 3. The zero-order valence-corrected chi connectivity index (χ0v) is 27.8. The number of ether oxygens (including phenoxy) is 1. The summed E-state index contributed by atoms with van der Waals surface area (Å²) in [5.74, 6) is 0.506. The van der Waals surface area contributed by atoms with Crippen molar-refractivity contribution >= 4 is 58.5 Å². The van der Waals surface area contributed by atoms with Crippen molar-refractivity contribution in [3.8, 4) is 6.07 Å². The molecule has 1 unspecified atom stereocenters. The highest BCUT2D eigenvalue weighted by Gasteiger charge is 2.54. The van der Waals surface area contributed by atoms with Crippen molar-refractivity contribution in [2.45, 2.75) is 62.2 Å². The molecule has 2 fully saturated rings. The molecular formula is C34H36Cl3N3O5. The molecule has 0 spiro atoms. The van der Waals surface area contributed by atoms with Crippen LogP contribution in [0, 0.1) is 34.5 Å². The maximum Gasteiger partial charge on any atom is 0.409 e. The first-order valence-corrected chi connectivity index (χ1v) is 16.3. The highest BCUT2D eigenvalue weighted by atomic mass is 35.6. The van der Waals surface area contributed by atoms with E-state index in [9.17, 15) is 24.4 Å². The third-order valence-electron chi connectivity index (χ3n) is 10.1. The first kappa shape index (κ1) is 33.2. The number of rotatable bonds is 6. The predicted octanol–water partition coefficient (Wildman–Crippen LogP) is 6.95. The average Bonchev–Trinajstić information content (AvgIpc) is 3.32. The summed E-state index contributed by atoms with van der Waals surface area (Å²) in [5.41, 5.74) is 3.51. The number of allylic oxidation sites excluding steroid dienone is 5. The monoisotopic (exact) mass is 671 g/mol. The van der Waals surface area contributed by atoms with Gasteiger partial charge in [-0.1, -0.05) is 60.0 Å². The van der Waals surface area contributed by atoms with Crippen LogP contribution < -0.4 is 0 Å². The number of halogens is 3. The van der Waals surface area contributed by atoms with Crippen molar-refractivity contribution < 1.29 is 23.9 Å². The fourth-order valence-corrected chi connectivity index (χ4v) is 7.95. The van der Waals surface area contributed by atoms with Gasteiger partial charge in [0.05, 0.1) is 17.7 Å². The quantitative estimate of drug-likeness (QED) is 0.303. The molecule has 5 atom stereocenters. The van der Waals surface area contributed by atoms with E-state index in [1.807, 2.05) is 12.1 Å². The Hall–Kier alpha value is -3.12. The molecule has 11 heteroatoms. The van der Waals surface area contributed by atoms with E-state index in [0.29, 0.717) is 41.9 Å². The first-order chi connectivity index (χ1) is 21.2. The van der Waals surface area contributed by atoms with E-state index in [1.54, 1.807) is 0 Å². The van der Waals surface area contributed by atoms with Crippen LogP contribution in [0.2, 0.25) is 0 Å². The largest absolute Gasteiger partial charge is 0.445 e. The van der Waals surface area contributed by atoms with Crippen molar-refractivity contribution in [1.29, 1.82) is 5.26 Å². The van der Waals surface area contributed by atoms with Crippen LogP contribution in [0.25, 0.3) is 0 Å². The molecule has 2 saturated carbocycles. The fraction of sp³-hybridized carbons (Fsp3) is 0.500. The van der Waals surface area contributed by atoms with Gasteiger partial charge in [0, 0.05) is 37.9 Å². The lowest BCUT2D eigenvalue weighted by Crippen LogP contribution is -2.51. The van der Waals surface area contributed by atoms with Crippen molar-refractivity contribution in [2.24, 2.45) is 23.2 Å². The average molecular weight is 673 g/mol. The van der Waals surface area contributed by atoms with Gasteiger partial charge in [-0.25, -0.2) is 4.79 Å². The third kappa shape index (κ3) is 6.72. The summed E-state index contributed by atoms with van der Waals surface area (Å²) in [6.07, 6.45) is 10.5. The smallest absolute Gasteiger partial charge is 0.409 e. The summed E-state index contributed by atoms with van der Waals surface area (Å²) in [6, 6.07) is 7.26. The highest BCUT2D eigenvalue weighted by molar-refractivity contribution is 6.67. The predicted molar refractivity (Wildman–Crippen MR) is 172 cm³/mol. The van der Waals surface area contributed by atoms with Crippen LogP contribution in [0.3, 0.4) is 0 Å². The van der Waals surface area contributed by atoms with E-state index < -0.39 is 34.3 Å². The molecule has 0 bridgehead atoms. The molecule has 8 nitrogen and oxygen atoms in total. The summed E-state index contributed by atoms with van der Waals surface area (Å²) in [6.45, 7) is 2.93. The molecule has 1 aromatic rings. The second kappa shape index (κ2) is 12.9. The van der Waals surface area contributed by atoms with Gasteiger partial charge in [0.1, 0.15) is 12.4 Å². The lowest BCUT2D eigenvalue weighted by molar-refractivity contribution is -0.129. The van der Waals surface area contributed by atoms with Gasteiger partial charge in [-0.3, -0.25) is 19.3 Å². The highest BCUT2D eigenvalue weighted by Crippen LogP contribution is 2.59. The Balaban J connectivity index is 1.46. The Kier molecular flexibility index (Phi) is 9.56. The van der Waals surface area contributed by atoms with E-state index >= 15 is 0 Å². The summed E-state index contributed by atoms with van der Waals surface area (Å²) in [4.78, 5) is 55.1. The SMILES string of the molecule is CC(=O)N(C(=O)c1ccc(C#N)cc1)C(CN(C)C(=O)OCC(Cl)(Cl)Cl)C1=CC2=CC[C@@H]3[C@H](CC[C@]4(C)C(=O)CC[C@@H]34)C2=CC1. The molecule has 0 heterocycles. The van der Waals surface area contributed by atoms with Gasteiger partial charge in [-0.2, -0.15) is 5.26 Å². The van der Waals surface area contributed by atoms with E-state index in [1.165, 1.54) is 48.7 Å². The van der Waals surface area contributed by atoms with Gasteiger partial charge >= 0.3 is 6.09 Å². The molecule has 4 aliphatic rings. The van der Waals surface area contributed by atoms with E-state index in [-0.39, 0.29) is 17.5 Å². The van der Waals surface area contributed by atoms with Gasteiger partial charge in [-0.15, -0.1) is 0 Å². The minimum absolute atomic E-state index is 0.0584. The first-order valence-electron chi connectivity index (χ1n) is 15.2. The Labute approximate surface area is 278 Å². The van der Waals surface area contributed by atoms with E-state index in [0.717, 1.165) is 41.7 Å². The van der Waals surface area contributed by atoms with Gasteiger partial charge < -0.3 is 9.64 Å². The van der Waals surface area contributed by atoms with Crippen LogP contribution in [-0.2, 0) is 14.3 Å². The maximum atomic E-state index is 13.9. The Morgan fingerprint density at radius 2 is 1.87 bits per heavy atom. The van der Waals surface area contributed by atoms with Crippen LogP contribution in [0.1, 0.15) is 68.3 Å². The number of likely N-dealkylation sites (N-methyl/N-ethyl adjacent to an activating group) is 1. The van der Waals surface area contributed by atoms with Crippen LogP contribution >= 0.6 is 34.8 Å². The van der Waals surface area contributed by atoms with Gasteiger partial charge in [0.15, 0.2) is 0 Å². The normalized spacial score (nSPS) is 26.1. The summed E-state index contributed by atoms with van der Waals surface area (Å²) < 4.78 is 3.37. The zero-order chi connectivity index (χ0) is 32.7. The number of carbonyl (C=O) groups excluding carboxylic acids is 4. The number of hydrogen-bond acceptors (Lipinski definition) is 6. The number of fused-ring (bicyclic) bond motifs is 5. The number of nitrogens with zero attached hydrogens (tertiary/aromatic N) is 3. The Morgan fingerprint density at radius 3 is 2.51 bits per heavy atom. The molecule has 0 N–H and O–H groups in total. The number of amides is 3. The number of imide groups is 1. The molecule has 0 aromatic heterocycles. The minimum Gasteiger partial charge on any atom is -0.445 e. The van der Waals surface area contributed by atoms with E-state index in [4.69, 9.17) is 39.5 Å². The van der Waals surface area contributed by atoms with Crippen molar-refractivity contribution in [1.82, 2.24) is 9.80 Å². The topological polar surface area (TPSA) is 108 Å². The van der Waals surface area contributed by atoms with Crippen molar-refractivity contribution in [3.05, 3.63) is 70.3 Å². The number of carbonyl (C=O) groups is 4. The second-order valence-corrected chi connectivity index (χ2v) is 15.2. The third-order valence-corrected chi connectivity index (χ3v) is 10.4. The van der Waals surface area contributed by atoms with Gasteiger partial charge in [-0.05, 0) is 90.8 Å². The second-order valence-electron chi connectivity index (χ2n) is 12.7. The standard InChI is InChI=1S/C34H36Cl3N3O5/c1-20(41)40(31(43)22-6-4-21(17-38)5-7-22)29(18-39(3)32(44)45-19-34(35,36)37)24-9-10-25-23(16-24)8-11-27-26(25)14-15-33(2)28(27)12-13-30(33)42/h4-8,10,16,26-29H,9,11-15,18-19H2,1-3H3/t26-,27-,28+,29?,33+/m1/s1. The molecule has 0 radical (unpaired) electrons. The minimum atomic E-state index is -1.80. The molecule has 4 aliphatic carbocycles. The zero-order valence-electron chi connectivity index (χ0n) is 25.5. The van der Waals surface area contributed by atoms with Gasteiger partial charge in [0.25, 0.3) is 5.91 Å². The molecular weight excluding hydrogens is 637 g/mol. The maximum absolute atomic E-state index is 13.9. The van der Waals surface area contributed by atoms with E-state index in [2.05, 4.69) is 19.1 Å². The van der Waals surface area contributed by atoms with Crippen LogP contribution in [0.15, 0.2) is 59.2 Å². The number of ketones is 1. The lowest BCUT2D eigenvalue weighted by atomic mass is 9.55. The van der Waals surface area contributed by atoms with Crippen molar-refractivity contribution in [2.75, 3.05) is 20.2 Å². The number of Topliss-reactive ketones (excluding diaryl/α,β-unsaturated/α-hetero) is 1. The van der Waals surface area contributed by atoms with Crippen molar-refractivity contribution in [3.63, 3.8) is 0 Å². The summed E-state index contributed by atoms with van der Waals surface area (Å²) in [7, 11) is 1.50. The fourth-order valence-electron chi connectivity index (χ4n) is 7.78. The van der Waals surface area contributed by atoms with Crippen LogP contribution in [0.5, 0.6) is 0 Å². The summed E-state index contributed by atoms with van der Waals surface area (Å²) in [5, 5.41) is 9.20. The number of hydrogen-bond donors (Lipinski definition) is 0. The Morgan fingerprint density at radius 1 is 1.16 bits per heavy atom. The Bertz CT molecular complexity index is 1540. The van der Waals surface area contributed by atoms with Crippen LogP contribution in [0.4, 0.5) is 4.79 Å². The lowest BCUT2D eigenvalue weighted by Gasteiger charge is -2.48. The summed E-state index contributed by atoms with van der Waals surface area (Å²) >= 11 is 17.3. The number of benzene rings is 1. The van der Waals surface area contributed by atoms with Crippen LogP contribution in [-0.4, -0.2) is 63.5 Å². The molecule has 5 rings (SSSR count). The molecule has 1 aromatic carbocycles.